The lowest BCUT2D eigenvalue weighted by atomic mass is 10.1. The molecular formula is C64H74O27. The molecule has 0 unspecified atom stereocenters. The lowest BCUT2D eigenvalue weighted by Crippen LogP contribution is -2.05. The molecule has 7 aromatic carbocycles. The van der Waals surface area contributed by atoms with Crippen LogP contribution in [0.2, 0.25) is 0 Å². The SMILES string of the molecule is C.C.CC(=O)/C=C/c1ccc(O)c(O)c1.CC(=O)CCc1ccc(O)c(O)c1.CC(=O)c1cc(O)c(O)c(O)c1.CC(=O)c1cc(O)c(O)c(O)c1.CC(=O)c1ccc(O)c(O)c1.CCCOC(=O)c1cc(O)c(O)c(O)c1.COC(=O)c1cc(O)c(O)c(O)c1. The van der Waals surface area contributed by atoms with Gasteiger partial charge in [-0.1, -0.05) is 40.0 Å². The Morgan fingerprint density at radius 2 is 0.692 bits per heavy atom. The second kappa shape index (κ2) is 38.9. The van der Waals surface area contributed by atoms with Gasteiger partial charge < -0.3 is 106 Å². The summed E-state index contributed by atoms with van der Waals surface area (Å²) in [5.74, 6) is -9.91. The number of aromatic hydroxyl groups is 18. The number of ketones is 5. The average molecular weight is 1280 g/mol. The van der Waals surface area contributed by atoms with E-state index < -0.39 is 80.9 Å². The van der Waals surface area contributed by atoms with Crippen molar-refractivity contribution in [3.8, 4) is 103 Å². The fraction of sp³-hybridized carbons (Fsp3) is 0.203. The van der Waals surface area contributed by atoms with Crippen molar-refractivity contribution in [2.24, 2.45) is 0 Å². The summed E-state index contributed by atoms with van der Waals surface area (Å²) in [5, 5.41) is 162. The van der Waals surface area contributed by atoms with Crippen LogP contribution in [-0.2, 0) is 25.5 Å². The van der Waals surface area contributed by atoms with E-state index in [1.54, 1.807) is 18.2 Å². The van der Waals surface area contributed by atoms with E-state index in [4.69, 9.17) is 96.7 Å². The summed E-state index contributed by atoms with van der Waals surface area (Å²) in [7, 11) is 1.17. The smallest absolute Gasteiger partial charge is 0.338 e. The van der Waals surface area contributed by atoms with Crippen LogP contribution in [0.4, 0.5) is 0 Å². The predicted molar refractivity (Wildman–Crippen MR) is 329 cm³/mol. The molecule has 492 valence electrons. The summed E-state index contributed by atoms with van der Waals surface area (Å²) < 4.78 is 9.13. The minimum Gasteiger partial charge on any atom is -0.504 e. The van der Waals surface area contributed by atoms with Crippen LogP contribution in [0.5, 0.6) is 103 Å². The zero-order valence-corrected chi connectivity index (χ0v) is 48.5. The number of carbonyl (C=O) groups excluding carboxylic acids is 7. The number of rotatable bonds is 12. The first-order valence-corrected chi connectivity index (χ1v) is 25.5. The molecule has 18 N–H and O–H groups in total. The number of carbonyl (C=O) groups is 7. The van der Waals surface area contributed by atoms with Crippen LogP contribution in [0.25, 0.3) is 6.08 Å². The summed E-state index contributed by atoms with van der Waals surface area (Å²) in [5.41, 5.74) is 2.19. The van der Waals surface area contributed by atoms with Gasteiger partial charge in [0.05, 0.1) is 24.8 Å². The Morgan fingerprint density at radius 1 is 0.374 bits per heavy atom. The highest BCUT2D eigenvalue weighted by molar-refractivity contribution is 5.97. The van der Waals surface area contributed by atoms with Gasteiger partial charge in [-0.15, -0.1) is 0 Å². The maximum atomic E-state index is 11.3. The molecule has 0 saturated carbocycles. The van der Waals surface area contributed by atoms with Crippen molar-refractivity contribution in [2.75, 3.05) is 13.7 Å². The van der Waals surface area contributed by atoms with Gasteiger partial charge in [0, 0.05) is 23.1 Å². The van der Waals surface area contributed by atoms with Crippen LogP contribution in [0, 0.1) is 0 Å². The Morgan fingerprint density at radius 3 is 1.00 bits per heavy atom. The third-order valence-corrected chi connectivity index (χ3v) is 10.9. The molecule has 0 radical (unpaired) electrons. The molecule has 0 aliphatic carbocycles. The van der Waals surface area contributed by atoms with Gasteiger partial charge in [0.25, 0.3) is 0 Å². The lowest BCUT2D eigenvalue weighted by molar-refractivity contribution is -0.117. The molecule has 0 heterocycles. The van der Waals surface area contributed by atoms with Gasteiger partial charge in [-0.3, -0.25) is 19.2 Å². The standard InChI is InChI=1S/C10H12O5.C10H12O3.C10H10O3.C8H8O5.2C8H8O4.C8H8O3.2CH4/c1-2-3-15-10(14)6-4-7(11)9(13)8(12)5-6;2*1-7(11)2-3-8-4-5-9(12)10(13)6-8;1-13-8(12)4-2-5(9)7(11)6(10)3-4;2*1-4(9)5-2-6(10)8(12)7(11)3-5;1-5(9)6-2-3-7(10)8(11)4-6;;/h4-5,11-13H,2-3H2,1H3;4-6,12-13H,2-3H2,1H3;2-6,12-13H,1H3;2-3,9-11H,1H3;2*2-3,10-12H,1H3;2-4,10-11H,1H3;2*1H4/b;;3-2+;;;;;;. The van der Waals surface area contributed by atoms with Crippen molar-refractivity contribution in [2.45, 2.75) is 75.7 Å². The average Bonchev–Trinajstić information content (AvgIpc) is 1.28. The Bertz CT molecular complexity index is 3520. The van der Waals surface area contributed by atoms with Gasteiger partial charge in [-0.25, -0.2) is 9.59 Å². The molecule has 0 saturated heterocycles. The molecule has 0 atom stereocenters. The number of allylic oxidation sites excluding steroid dienone is 1. The number of hydrogen-bond donors (Lipinski definition) is 18. The number of aryl methyl sites for hydroxylation is 1. The second-order valence-corrected chi connectivity index (χ2v) is 18.2. The summed E-state index contributed by atoms with van der Waals surface area (Å²) in [4.78, 5) is 75.7. The van der Waals surface area contributed by atoms with Crippen LogP contribution in [-0.4, -0.2) is 146 Å². The van der Waals surface area contributed by atoms with Crippen molar-refractivity contribution >= 4 is 46.9 Å². The quantitative estimate of drug-likeness (QED) is 0.0234. The first-order chi connectivity index (χ1) is 41.4. The molecule has 0 aliphatic rings. The highest BCUT2D eigenvalue weighted by Gasteiger charge is 2.16. The molecule has 27 nitrogen and oxygen atoms in total. The molecule has 0 aliphatic heterocycles. The van der Waals surface area contributed by atoms with E-state index in [0.717, 1.165) is 54.1 Å². The van der Waals surface area contributed by atoms with Crippen LogP contribution in [0.15, 0.2) is 109 Å². The summed E-state index contributed by atoms with van der Waals surface area (Å²) >= 11 is 0. The van der Waals surface area contributed by atoms with E-state index in [-0.39, 0.29) is 107 Å². The molecular weight excluding hydrogens is 1200 g/mol. The van der Waals surface area contributed by atoms with E-state index in [1.165, 1.54) is 90.3 Å². The largest absolute Gasteiger partial charge is 0.504 e. The Hall–Kier alpha value is -12.0. The summed E-state index contributed by atoms with van der Waals surface area (Å²) in [6, 6.07) is 21.4. The minimum atomic E-state index is -0.703. The topological polar surface area (TPSA) is 502 Å². The van der Waals surface area contributed by atoms with Gasteiger partial charge >= 0.3 is 11.9 Å². The number of ether oxygens (including phenoxy) is 2. The molecule has 0 amide bonds. The second-order valence-electron chi connectivity index (χ2n) is 18.2. The molecule has 91 heavy (non-hydrogen) atoms. The third-order valence-electron chi connectivity index (χ3n) is 10.9. The predicted octanol–water partition coefficient (Wildman–Crippen LogP) is 9.86. The maximum Gasteiger partial charge on any atom is 0.338 e. The number of benzene rings is 7. The van der Waals surface area contributed by atoms with Crippen molar-refractivity contribution in [3.05, 3.63) is 148 Å². The highest BCUT2D eigenvalue weighted by Crippen LogP contribution is 2.38. The maximum absolute atomic E-state index is 11.3. The van der Waals surface area contributed by atoms with Gasteiger partial charge in [-0.2, -0.15) is 0 Å². The van der Waals surface area contributed by atoms with E-state index in [2.05, 4.69) is 4.74 Å². The number of esters is 2. The van der Waals surface area contributed by atoms with Crippen molar-refractivity contribution in [1.29, 1.82) is 0 Å². The Kier molecular flexibility index (Phi) is 34.6. The molecule has 7 rings (SSSR count). The fourth-order valence-electron chi connectivity index (χ4n) is 6.10. The van der Waals surface area contributed by atoms with Crippen LogP contribution < -0.4 is 0 Å². The molecule has 0 aromatic heterocycles. The van der Waals surface area contributed by atoms with E-state index >= 15 is 0 Å². The monoisotopic (exact) mass is 1270 g/mol. The number of Topliss-reactive ketones (excluding diaryl/α,β-unsaturated/α-hetero) is 4. The number of phenols is 18. The highest BCUT2D eigenvalue weighted by atomic mass is 16.5. The van der Waals surface area contributed by atoms with Crippen molar-refractivity contribution in [3.63, 3.8) is 0 Å². The lowest BCUT2D eigenvalue weighted by Gasteiger charge is -2.05. The van der Waals surface area contributed by atoms with Gasteiger partial charge in [-0.05, 0) is 156 Å². The molecule has 27 heteroatoms. The van der Waals surface area contributed by atoms with Gasteiger partial charge in [0.1, 0.15) is 5.78 Å². The van der Waals surface area contributed by atoms with Crippen LogP contribution in [0.3, 0.4) is 0 Å². The molecule has 0 spiro atoms. The zero-order chi connectivity index (χ0) is 68.2. The zero-order valence-electron chi connectivity index (χ0n) is 48.5. The molecule has 7 aromatic rings. The number of phenolic OH excluding ortho intramolecular Hbond substituents is 18. The van der Waals surface area contributed by atoms with Crippen molar-refractivity contribution < 1.29 is 135 Å². The van der Waals surface area contributed by atoms with Gasteiger partial charge in [0.15, 0.2) is 127 Å². The Balaban J connectivity index is 0. The number of methoxy groups -OCH3 is 1. The van der Waals surface area contributed by atoms with E-state index in [9.17, 15) is 33.6 Å². The summed E-state index contributed by atoms with van der Waals surface area (Å²) in [6.07, 6.45) is 4.71. The number of hydrogen-bond acceptors (Lipinski definition) is 27. The molecule has 0 bridgehead atoms. The summed E-state index contributed by atoms with van der Waals surface area (Å²) in [6.45, 7) is 9.07. The first kappa shape index (κ1) is 81.0. The first-order valence-electron chi connectivity index (χ1n) is 25.5. The van der Waals surface area contributed by atoms with E-state index in [1.807, 2.05) is 6.92 Å². The minimum absolute atomic E-state index is 0. The Labute approximate surface area is 521 Å². The van der Waals surface area contributed by atoms with Crippen molar-refractivity contribution in [1.82, 2.24) is 0 Å². The van der Waals surface area contributed by atoms with Crippen LogP contribution in [0.1, 0.15) is 132 Å². The third kappa shape index (κ3) is 27.9. The fourth-order valence-corrected chi connectivity index (χ4v) is 6.10. The van der Waals surface area contributed by atoms with E-state index in [0.29, 0.717) is 30.4 Å². The normalized spacial score (nSPS) is 9.66. The van der Waals surface area contributed by atoms with Crippen LogP contribution >= 0.6 is 0 Å². The van der Waals surface area contributed by atoms with Gasteiger partial charge in [0.2, 0.25) is 0 Å². The molecule has 0 fully saturated rings.